The van der Waals surface area contributed by atoms with Crippen molar-refractivity contribution in [3.63, 3.8) is 0 Å². The highest BCUT2D eigenvalue weighted by atomic mass is 32.1. The maximum atomic E-state index is 5.82. The van der Waals surface area contributed by atoms with Crippen molar-refractivity contribution in [3.05, 3.63) is 12.7 Å². The summed E-state index contributed by atoms with van der Waals surface area (Å²) in [6.45, 7) is 8.65. The molecular formula is C18H29N3S. The molecule has 0 aromatic carbocycles. The molecule has 4 fully saturated rings. The minimum Gasteiger partial charge on any atom is -0.362 e. The molecule has 4 heterocycles. The van der Waals surface area contributed by atoms with Crippen LogP contribution in [0.1, 0.15) is 38.5 Å². The van der Waals surface area contributed by atoms with Crippen LogP contribution in [0, 0.1) is 11.8 Å². The minimum absolute atomic E-state index is 0.558. The molecule has 4 aliphatic heterocycles. The van der Waals surface area contributed by atoms with Gasteiger partial charge in [-0.15, -0.1) is 6.58 Å². The maximum absolute atomic E-state index is 5.82. The second-order valence-electron chi connectivity index (χ2n) is 7.68. The van der Waals surface area contributed by atoms with Gasteiger partial charge in [0, 0.05) is 37.6 Å². The Kier molecular flexibility index (Phi) is 4.27. The van der Waals surface area contributed by atoms with Gasteiger partial charge in [-0.1, -0.05) is 18.3 Å². The molecule has 5 atom stereocenters. The highest BCUT2D eigenvalue weighted by Crippen LogP contribution is 2.44. The Morgan fingerprint density at radius 1 is 1.27 bits per heavy atom. The molecule has 0 unspecified atom stereocenters. The lowest BCUT2D eigenvalue weighted by molar-refractivity contribution is -0.0618. The lowest BCUT2D eigenvalue weighted by Gasteiger charge is -2.60. The van der Waals surface area contributed by atoms with Crippen LogP contribution in [0.4, 0.5) is 0 Å². The van der Waals surface area contributed by atoms with Crippen molar-refractivity contribution in [2.75, 3.05) is 26.2 Å². The van der Waals surface area contributed by atoms with Crippen LogP contribution in [0.2, 0.25) is 0 Å². The van der Waals surface area contributed by atoms with E-state index in [1.54, 1.807) is 0 Å². The molecule has 0 radical (unpaired) electrons. The van der Waals surface area contributed by atoms with Gasteiger partial charge >= 0.3 is 0 Å². The maximum Gasteiger partial charge on any atom is 0.0797 e. The van der Waals surface area contributed by atoms with Gasteiger partial charge in [0.25, 0.3) is 0 Å². The smallest absolute Gasteiger partial charge is 0.0797 e. The lowest BCUT2D eigenvalue weighted by atomic mass is 9.67. The van der Waals surface area contributed by atoms with Gasteiger partial charge in [-0.25, -0.2) is 0 Å². The summed E-state index contributed by atoms with van der Waals surface area (Å²) in [6.07, 6.45) is 9.90. The number of nitrogens with zero attached hydrogens (tertiary/aromatic N) is 2. The summed E-state index contributed by atoms with van der Waals surface area (Å²) >= 11 is 5.82. The van der Waals surface area contributed by atoms with Crippen molar-refractivity contribution >= 4 is 17.2 Å². The third kappa shape index (κ3) is 2.53. The Morgan fingerprint density at radius 3 is 2.91 bits per heavy atom. The second kappa shape index (κ2) is 6.21. The molecule has 4 rings (SSSR count). The summed E-state index contributed by atoms with van der Waals surface area (Å²) in [5.41, 5.74) is 0. The molecule has 22 heavy (non-hydrogen) atoms. The fraction of sp³-hybridized carbons (Fsp3) is 0.833. The van der Waals surface area contributed by atoms with Crippen molar-refractivity contribution in [3.8, 4) is 0 Å². The van der Waals surface area contributed by atoms with E-state index in [0.717, 1.165) is 30.8 Å². The summed E-state index contributed by atoms with van der Waals surface area (Å²) in [6, 6.07) is 2.10. The van der Waals surface area contributed by atoms with E-state index in [2.05, 4.69) is 21.7 Å². The molecule has 0 aliphatic carbocycles. The number of hydrogen-bond donors (Lipinski definition) is 1. The van der Waals surface area contributed by atoms with E-state index in [1.165, 1.54) is 56.7 Å². The SMILES string of the molecule is C=CCN[C@@H]1CC(=S)N2C[C@@H]3CCCN4CCC[C@@H]([C@H]34)[C@H]2C1. The van der Waals surface area contributed by atoms with Gasteiger partial charge in [0.15, 0.2) is 0 Å². The number of piperidine rings is 4. The quantitative estimate of drug-likeness (QED) is 0.636. The first-order valence-corrected chi connectivity index (χ1v) is 9.56. The summed E-state index contributed by atoms with van der Waals surface area (Å²) in [4.78, 5) is 6.69. The molecule has 4 aliphatic rings. The summed E-state index contributed by atoms with van der Waals surface area (Å²) in [5.74, 6) is 1.71. The Bertz CT molecular complexity index is 450. The van der Waals surface area contributed by atoms with Crippen molar-refractivity contribution in [1.29, 1.82) is 0 Å². The topological polar surface area (TPSA) is 18.5 Å². The Balaban J connectivity index is 1.56. The first kappa shape index (κ1) is 15.1. The highest BCUT2D eigenvalue weighted by Gasteiger charge is 2.50. The van der Waals surface area contributed by atoms with Crippen LogP contribution >= 0.6 is 12.2 Å². The van der Waals surface area contributed by atoms with E-state index in [4.69, 9.17) is 12.2 Å². The van der Waals surface area contributed by atoms with Crippen LogP contribution in [-0.4, -0.2) is 59.1 Å². The van der Waals surface area contributed by atoms with Gasteiger partial charge in [-0.3, -0.25) is 4.90 Å². The van der Waals surface area contributed by atoms with Crippen LogP contribution in [0.5, 0.6) is 0 Å². The van der Waals surface area contributed by atoms with E-state index < -0.39 is 0 Å². The first-order chi connectivity index (χ1) is 10.8. The first-order valence-electron chi connectivity index (χ1n) is 9.15. The van der Waals surface area contributed by atoms with Gasteiger partial charge in [0.05, 0.1) is 4.99 Å². The molecule has 0 aromatic rings. The molecule has 3 nitrogen and oxygen atoms in total. The molecule has 4 saturated heterocycles. The predicted molar refractivity (Wildman–Crippen MR) is 95.1 cm³/mol. The fourth-order valence-corrected chi connectivity index (χ4v) is 6.10. The molecule has 122 valence electrons. The van der Waals surface area contributed by atoms with Crippen LogP contribution in [0.15, 0.2) is 12.7 Å². The largest absolute Gasteiger partial charge is 0.362 e. The number of fused-ring (bicyclic) bond motifs is 2. The van der Waals surface area contributed by atoms with E-state index in [-0.39, 0.29) is 0 Å². The Labute approximate surface area is 140 Å². The zero-order valence-electron chi connectivity index (χ0n) is 13.5. The zero-order chi connectivity index (χ0) is 15.1. The van der Waals surface area contributed by atoms with Gasteiger partial charge in [0.2, 0.25) is 0 Å². The molecule has 0 spiro atoms. The Morgan fingerprint density at radius 2 is 2.09 bits per heavy atom. The second-order valence-corrected chi connectivity index (χ2v) is 8.15. The van der Waals surface area contributed by atoms with Crippen molar-refractivity contribution in [1.82, 2.24) is 15.1 Å². The molecule has 4 heteroatoms. The van der Waals surface area contributed by atoms with E-state index in [0.29, 0.717) is 12.1 Å². The normalized spacial score (nSPS) is 41.7. The van der Waals surface area contributed by atoms with Crippen molar-refractivity contribution in [2.45, 2.75) is 56.7 Å². The standard InChI is InChI=1S/C18H29N3S/c1-2-7-19-14-10-16-15-6-4-9-20-8-3-5-13(18(15)20)12-21(16)17(22)11-14/h2,13-16,18-19H,1,3-12H2/t13-,14-,15+,16+,18-/m0/s1. The summed E-state index contributed by atoms with van der Waals surface area (Å²) < 4.78 is 0. The fourth-order valence-electron chi connectivity index (χ4n) is 5.69. The summed E-state index contributed by atoms with van der Waals surface area (Å²) in [7, 11) is 0. The average molecular weight is 320 g/mol. The molecule has 0 saturated carbocycles. The van der Waals surface area contributed by atoms with Gasteiger partial charge in [0.1, 0.15) is 0 Å². The minimum atomic E-state index is 0.558. The van der Waals surface area contributed by atoms with Crippen LogP contribution < -0.4 is 5.32 Å². The van der Waals surface area contributed by atoms with Gasteiger partial charge in [-0.2, -0.15) is 0 Å². The third-order valence-electron chi connectivity index (χ3n) is 6.49. The van der Waals surface area contributed by atoms with Crippen LogP contribution in [-0.2, 0) is 0 Å². The molecular weight excluding hydrogens is 290 g/mol. The predicted octanol–water partition coefficient (Wildman–Crippen LogP) is 2.43. The third-order valence-corrected chi connectivity index (χ3v) is 6.89. The molecule has 0 amide bonds. The number of hydrogen-bond acceptors (Lipinski definition) is 3. The molecule has 1 N–H and O–H groups in total. The average Bonchev–Trinajstić information content (AvgIpc) is 2.54. The van der Waals surface area contributed by atoms with Crippen molar-refractivity contribution < 1.29 is 0 Å². The molecule has 0 bridgehead atoms. The monoisotopic (exact) mass is 319 g/mol. The van der Waals surface area contributed by atoms with Crippen molar-refractivity contribution in [2.24, 2.45) is 11.8 Å². The van der Waals surface area contributed by atoms with E-state index >= 15 is 0 Å². The number of nitrogens with one attached hydrogen (secondary N) is 1. The summed E-state index contributed by atoms with van der Waals surface area (Å²) in [5, 5.41) is 3.63. The Hall–Kier alpha value is -0.450. The van der Waals surface area contributed by atoms with E-state index in [1.807, 2.05) is 6.08 Å². The van der Waals surface area contributed by atoms with Crippen LogP contribution in [0.3, 0.4) is 0 Å². The lowest BCUT2D eigenvalue weighted by Crippen LogP contribution is -2.68. The van der Waals surface area contributed by atoms with E-state index in [9.17, 15) is 0 Å². The number of rotatable bonds is 3. The zero-order valence-corrected chi connectivity index (χ0v) is 14.4. The highest BCUT2D eigenvalue weighted by molar-refractivity contribution is 7.80. The number of thiocarbonyl (C=S) groups is 1. The molecule has 0 aromatic heterocycles. The van der Waals surface area contributed by atoms with Gasteiger partial charge < -0.3 is 10.2 Å². The van der Waals surface area contributed by atoms with Crippen LogP contribution in [0.25, 0.3) is 0 Å². The van der Waals surface area contributed by atoms with Gasteiger partial charge in [-0.05, 0) is 57.0 Å².